The third kappa shape index (κ3) is 4.25. The number of thioether (sulfide) groups is 1. The van der Waals surface area contributed by atoms with Gasteiger partial charge in [-0.2, -0.15) is 0 Å². The lowest BCUT2D eigenvalue weighted by molar-refractivity contribution is 0.0948. The van der Waals surface area contributed by atoms with Crippen LogP contribution in [0.25, 0.3) is 0 Å². The van der Waals surface area contributed by atoms with Gasteiger partial charge in [0.05, 0.1) is 5.56 Å². The van der Waals surface area contributed by atoms with Gasteiger partial charge in [-0.05, 0) is 38.3 Å². The highest BCUT2D eigenvalue weighted by atomic mass is 32.2. The van der Waals surface area contributed by atoms with Crippen molar-refractivity contribution in [2.75, 3.05) is 13.2 Å². The molecule has 0 heterocycles. The Hall–Kier alpha value is -1.00. The van der Waals surface area contributed by atoms with Gasteiger partial charge in [-0.15, -0.1) is 11.8 Å². The van der Waals surface area contributed by atoms with E-state index in [0.29, 0.717) is 18.2 Å². The topological polar surface area (TPSA) is 49.3 Å². The van der Waals surface area contributed by atoms with Crippen LogP contribution >= 0.6 is 11.8 Å². The number of hydrogen-bond donors (Lipinski definition) is 2. The van der Waals surface area contributed by atoms with Crippen molar-refractivity contribution in [3.05, 3.63) is 29.3 Å². The number of rotatable bonds is 6. The molecule has 2 N–H and O–H groups in total. The van der Waals surface area contributed by atoms with E-state index >= 15 is 0 Å². The molecule has 2 rings (SSSR count). The molecule has 1 aliphatic rings. The first kappa shape index (κ1) is 15.4. The van der Waals surface area contributed by atoms with E-state index in [1.807, 2.05) is 24.8 Å². The summed E-state index contributed by atoms with van der Waals surface area (Å²) in [5, 5.41) is 12.3. The van der Waals surface area contributed by atoms with Crippen LogP contribution in [0.4, 0.5) is 0 Å². The van der Waals surface area contributed by atoms with E-state index in [-0.39, 0.29) is 12.5 Å². The third-order valence-electron chi connectivity index (χ3n) is 3.60. The Bertz CT molecular complexity index is 456. The maximum absolute atomic E-state index is 12.3. The minimum atomic E-state index is -0.0253. The molecule has 110 valence electrons. The second-order valence-corrected chi connectivity index (χ2v) is 6.70. The molecule has 20 heavy (non-hydrogen) atoms. The second kappa shape index (κ2) is 7.70. The van der Waals surface area contributed by atoms with Gasteiger partial charge < -0.3 is 10.4 Å². The van der Waals surface area contributed by atoms with Gasteiger partial charge in [0.15, 0.2) is 0 Å². The molecule has 4 heteroatoms. The van der Waals surface area contributed by atoms with Gasteiger partial charge in [0.25, 0.3) is 5.91 Å². The van der Waals surface area contributed by atoms with E-state index in [4.69, 9.17) is 5.11 Å². The Balaban J connectivity index is 2.08. The Kier molecular flexibility index (Phi) is 5.92. The van der Waals surface area contributed by atoms with Crippen LogP contribution in [0.15, 0.2) is 23.1 Å². The number of aliphatic hydroxyl groups is 1. The molecule has 0 radical (unpaired) electrons. The zero-order valence-electron chi connectivity index (χ0n) is 12.0. The summed E-state index contributed by atoms with van der Waals surface area (Å²) >= 11 is 1.84. The maximum atomic E-state index is 12.3. The van der Waals surface area contributed by atoms with Crippen molar-refractivity contribution < 1.29 is 9.90 Å². The van der Waals surface area contributed by atoms with Gasteiger partial charge in [0.2, 0.25) is 0 Å². The summed E-state index contributed by atoms with van der Waals surface area (Å²) in [5.41, 5.74) is 1.88. The number of amides is 1. The molecule has 0 aliphatic heterocycles. The molecular formula is C16H23NO2S. The summed E-state index contributed by atoms with van der Waals surface area (Å²) in [6.45, 7) is 2.64. The standard InChI is InChI=1S/C16H23NO2S/c1-12-7-8-15(20-13-5-2-3-6-13)14(11-12)16(19)17-9-4-10-18/h7-8,11,13,18H,2-6,9-10H2,1H3,(H,17,19). The molecule has 1 aliphatic carbocycles. The van der Waals surface area contributed by atoms with E-state index in [0.717, 1.165) is 16.0 Å². The van der Waals surface area contributed by atoms with Crippen LogP contribution in [0, 0.1) is 6.92 Å². The first-order chi connectivity index (χ1) is 9.70. The normalized spacial score (nSPS) is 15.5. The number of aryl methyl sites for hydroxylation is 1. The highest BCUT2D eigenvalue weighted by Crippen LogP contribution is 2.36. The SMILES string of the molecule is Cc1ccc(SC2CCCC2)c(C(=O)NCCCO)c1. The summed E-state index contributed by atoms with van der Waals surface area (Å²) < 4.78 is 0. The quantitative estimate of drug-likeness (QED) is 0.792. The molecule has 0 saturated heterocycles. The van der Waals surface area contributed by atoms with Crippen molar-refractivity contribution in [2.45, 2.75) is 49.2 Å². The summed E-state index contributed by atoms with van der Waals surface area (Å²) in [6, 6.07) is 6.10. The zero-order chi connectivity index (χ0) is 14.4. The zero-order valence-corrected chi connectivity index (χ0v) is 12.8. The number of nitrogens with one attached hydrogen (secondary N) is 1. The second-order valence-electron chi connectivity index (χ2n) is 5.36. The van der Waals surface area contributed by atoms with Crippen molar-refractivity contribution in [2.24, 2.45) is 0 Å². The molecule has 1 amide bonds. The summed E-state index contributed by atoms with van der Waals surface area (Å²) in [5.74, 6) is -0.0253. The van der Waals surface area contributed by atoms with Crippen LogP contribution in [0.1, 0.15) is 48.0 Å². The van der Waals surface area contributed by atoms with Crippen LogP contribution in [-0.4, -0.2) is 29.4 Å². The minimum absolute atomic E-state index is 0.0253. The number of benzene rings is 1. The lowest BCUT2D eigenvalue weighted by Gasteiger charge is -2.14. The van der Waals surface area contributed by atoms with E-state index in [1.165, 1.54) is 25.7 Å². The van der Waals surface area contributed by atoms with Crippen molar-refractivity contribution in [1.29, 1.82) is 0 Å². The van der Waals surface area contributed by atoms with E-state index in [1.54, 1.807) is 0 Å². The first-order valence-electron chi connectivity index (χ1n) is 7.37. The number of carbonyl (C=O) groups is 1. The Morgan fingerprint density at radius 2 is 2.15 bits per heavy atom. The molecule has 1 fully saturated rings. The average molecular weight is 293 g/mol. The third-order valence-corrected chi connectivity index (χ3v) is 5.01. The molecule has 0 atom stereocenters. The number of aliphatic hydroxyl groups excluding tert-OH is 1. The molecular weight excluding hydrogens is 270 g/mol. The lowest BCUT2D eigenvalue weighted by atomic mass is 10.1. The van der Waals surface area contributed by atoms with Crippen molar-refractivity contribution >= 4 is 17.7 Å². The summed E-state index contributed by atoms with van der Waals surface area (Å²) in [6.07, 6.45) is 5.72. The Morgan fingerprint density at radius 1 is 1.40 bits per heavy atom. The van der Waals surface area contributed by atoms with Crippen molar-refractivity contribution in [3.8, 4) is 0 Å². The molecule has 3 nitrogen and oxygen atoms in total. The van der Waals surface area contributed by atoms with Crippen molar-refractivity contribution in [3.63, 3.8) is 0 Å². The fourth-order valence-electron chi connectivity index (χ4n) is 2.49. The molecule has 0 bridgehead atoms. The van der Waals surface area contributed by atoms with Crippen LogP contribution in [0.2, 0.25) is 0 Å². The fraction of sp³-hybridized carbons (Fsp3) is 0.562. The van der Waals surface area contributed by atoms with Gasteiger partial charge in [-0.25, -0.2) is 0 Å². The van der Waals surface area contributed by atoms with Gasteiger partial charge in [-0.3, -0.25) is 4.79 Å². The molecule has 1 saturated carbocycles. The van der Waals surface area contributed by atoms with E-state index in [2.05, 4.69) is 17.4 Å². The van der Waals surface area contributed by atoms with E-state index in [9.17, 15) is 4.79 Å². The molecule has 0 aromatic heterocycles. The summed E-state index contributed by atoms with van der Waals surface area (Å²) in [7, 11) is 0. The smallest absolute Gasteiger partial charge is 0.252 e. The monoisotopic (exact) mass is 293 g/mol. The lowest BCUT2D eigenvalue weighted by Crippen LogP contribution is -2.25. The predicted molar refractivity (Wildman–Crippen MR) is 83.3 cm³/mol. The average Bonchev–Trinajstić information content (AvgIpc) is 2.94. The molecule has 1 aromatic rings. The fourth-order valence-corrected chi connectivity index (χ4v) is 3.84. The highest BCUT2D eigenvalue weighted by molar-refractivity contribution is 8.00. The Morgan fingerprint density at radius 3 is 2.85 bits per heavy atom. The van der Waals surface area contributed by atoms with Gasteiger partial charge in [0, 0.05) is 23.3 Å². The largest absolute Gasteiger partial charge is 0.396 e. The minimum Gasteiger partial charge on any atom is -0.396 e. The van der Waals surface area contributed by atoms with Crippen LogP contribution in [-0.2, 0) is 0 Å². The van der Waals surface area contributed by atoms with Crippen LogP contribution < -0.4 is 5.32 Å². The first-order valence-corrected chi connectivity index (χ1v) is 8.25. The van der Waals surface area contributed by atoms with Gasteiger partial charge in [-0.1, -0.05) is 24.5 Å². The predicted octanol–water partition coefficient (Wildman–Crippen LogP) is 3.14. The highest BCUT2D eigenvalue weighted by Gasteiger charge is 2.19. The maximum Gasteiger partial charge on any atom is 0.252 e. The van der Waals surface area contributed by atoms with Gasteiger partial charge in [0.1, 0.15) is 0 Å². The molecule has 0 spiro atoms. The van der Waals surface area contributed by atoms with Gasteiger partial charge >= 0.3 is 0 Å². The van der Waals surface area contributed by atoms with E-state index < -0.39 is 0 Å². The summed E-state index contributed by atoms with van der Waals surface area (Å²) in [4.78, 5) is 13.3. The van der Waals surface area contributed by atoms with Crippen molar-refractivity contribution in [1.82, 2.24) is 5.32 Å². The van der Waals surface area contributed by atoms with Crippen LogP contribution in [0.3, 0.4) is 0 Å². The van der Waals surface area contributed by atoms with Crippen LogP contribution in [0.5, 0.6) is 0 Å². The number of carbonyl (C=O) groups excluding carboxylic acids is 1. The molecule has 0 unspecified atom stereocenters. The Labute approximate surface area is 125 Å². The molecule has 1 aromatic carbocycles. The number of hydrogen-bond acceptors (Lipinski definition) is 3.